The molecule has 0 atom stereocenters. The van der Waals surface area contributed by atoms with Crippen LogP contribution in [0.2, 0.25) is 0 Å². The number of nitrogens with zero attached hydrogens (tertiary/aromatic N) is 4. The smallest absolute Gasteiger partial charge is 0.247 e. The molecule has 0 unspecified atom stereocenters. The van der Waals surface area contributed by atoms with Crippen LogP contribution in [0.4, 0.5) is 16.2 Å². The number of piperidine rings is 1. The van der Waals surface area contributed by atoms with E-state index in [9.17, 15) is 4.39 Å². The van der Waals surface area contributed by atoms with Gasteiger partial charge in [0, 0.05) is 19.6 Å². The lowest BCUT2D eigenvalue weighted by atomic mass is 9.90. The van der Waals surface area contributed by atoms with E-state index in [0.717, 1.165) is 50.2 Å². The molecule has 2 heterocycles. The molecule has 1 aliphatic rings. The molecule has 150 valence electrons. The Hall–Kier alpha value is -3.02. The van der Waals surface area contributed by atoms with E-state index in [1.165, 1.54) is 17.7 Å². The van der Waals surface area contributed by atoms with Gasteiger partial charge in [0.1, 0.15) is 5.82 Å². The van der Waals surface area contributed by atoms with E-state index in [1.54, 1.807) is 18.3 Å². The molecule has 1 aliphatic heterocycles. The van der Waals surface area contributed by atoms with Crippen LogP contribution in [-0.2, 0) is 12.8 Å². The van der Waals surface area contributed by atoms with Crippen LogP contribution in [0.1, 0.15) is 24.0 Å². The number of hydrogen-bond donors (Lipinski definition) is 1. The number of halogens is 1. The molecule has 6 heteroatoms. The monoisotopic (exact) mass is 391 g/mol. The average Bonchev–Trinajstić information content (AvgIpc) is 2.77. The van der Waals surface area contributed by atoms with Crippen molar-refractivity contribution in [3.05, 3.63) is 77.7 Å². The van der Waals surface area contributed by atoms with Gasteiger partial charge in [-0.3, -0.25) is 0 Å². The maximum absolute atomic E-state index is 13.0. The lowest BCUT2D eigenvalue weighted by Gasteiger charge is -2.31. The molecular formula is C23H26FN5. The van der Waals surface area contributed by atoms with Crippen molar-refractivity contribution in [2.75, 3.05) is 29.9 Å². The van der Waals surface area contributed by atoms with Crippen LogP contribution in [-0.4, -0.2) is 34.8 Å². The van der Waals surface area contributed by atoms with Crippen LogP contribution >= 0.6 is 0 Å². The van der Waals surface area contributed by atoms with E-state index in [0.29, 0.717) is 18.4 Å². The minimum Gasteiger partial charge on any atom is -0.368 e. The van der Waals surface area contributed by atoms with Gasteiger partial charge in [-0.2, -0.15) is 10.1 Å². The van der Waals surface area contributed by atoms with E-state index in [-0.39, 0.29) is 5.82 Å². The van der Waals surface area contributed by atoms with Gasteiger partial charge in [0.05, 0.1) is 6.20 Å². The van der Waals surface area contributed by atoms with Crippen molar-refractivity contribution in [2.24, 2.45) is 5.92 Å². The van der Waals surface area contributed by atoms with Gasteiger partial charge in [-0.15, -0.1) is 5.10 Å². The van der Waals surface area contributed by atoms with Gasteiger partial charge in [-0.05, 0) is 54.9 Å². The molecule has 0 saturated carbocycles. The quantitative estimate of drug-likeness (QED) is 0.656. The van der Waals surface area contributed by atoms with Gasteiger partial charge < -0.3 is 10.2 Å². The predicted molar refractivity (Wildman–Crippen MR) is 114 cm³/mol. The minimum absolute atomic E-state index is 0.209. The minimum atomic E-state index is -0.209. The van der Waals surface area contributed by atoms with Gasteiger partial charge in [0.2, 0.25) is 5.95 Å². The highest BCUT2D eigenvalue weighted by Crippen LogP contribution is 2.24. The lowest BCUT2D eigenvalue weighted by Crippen LogP contribution is -2.35. The van der Waals surface area contributed by atoms with Crippen LogP contribution in [0.25, 0.3) is 0 Å². The van der Waals surface area contributed by atoms with Crippen molar-refractivity contribution in [3.63, 3.8) is 0 Å². The summed E-state index contributed by atoms with van der Waals surface area (Å²) in [6, 6.07) is 17.3. The Labute approximate surface area is 171 Å². The number of aromatic nitrogens is 3. The fourth-order valence-electron chi connectivity index (χ4n) is 3.78. The van der Waals surface area contributed by atoms with Gasteiger partial charge in [0.15, 0.2) is 5.82 Å². The second-order valence-corrected chi connectivity index (χ2v) is 7.57. The van der Waals surface area contributed by atoms with Crippen LogP contribution in [0, 0.1) is 11.7 Å². The van der Waals surface area contributed by atoms with Crippen molar-refractivity contribution in [3.8, 4) is 0 Å². The Morgan fingerprint density at radius 2 is 1.72 bits per heavy atom. The Morgan fingerprint density at radius 1 is 0.966 bits per heavy atom. The molecule has 2 aromatic carbocycles. The molecule has 1 N–H and O–H groups in total. The first-order chi connectivity index (χ1) is 14.3. The second kappa shape index (κ2) is 9.45. The fraction of sp³-hybridized carbons (Fsp3) is 0.348. The summed E-state index contributed by atoms with van der Waals surface area (Å²) in [5, 5.41) is 11.6. The average molecular weight is 391 g/mol. The maximum Gasteiger partial charge on any atom is 0.247 e. The molecule has 0 spiro atoms. The van der Waals surface area contributed by atoms with Gasteiger partial charge in [-0.1, -0.05) is 42.5 Å². The van der Waals surface area contributed by atoms with E-state index >= 15 is 0 Å². The number of benzene rings is 2. The summed E-state index contributed by atoms with van der Waals surface area (Å²) in [5.41, 5.74) is 2.50. The first-order valence-electron chi connectivity index (χ1n) is 10.2. The molecule has 4 rings (SSSR count). The highest BCUT2D eigenvalue weighted by atomic mass is 19.1. The summed E-state index contributed by atoms with van der Waals surface area (Å²) < 4.78 is 13.0. The van der Waals surface area contributed by atoms with E-state index < -0.39 is 0 Å². The molecule has 0 amide bonds. The molecule has 0 radical (unpaired) electrons. The molecule has 0 aliphatic carbocycles. The summed E-state index contributed by atoms with van der Waals surface area (Å²) in [7, 11) is 0. The predicted octanol–water partition coefficient (Wildman–Crippen LogP) is 4.12. The van der Waals surface area contributed by atoms with Crippen molar-refractivity contribution >= 4 is 11.8 Å². The van der Waals surface area contributed by atoms with Crippen molar-refractivity contribution in [2.45, 2.75) is 25.7 Å². The Morgan fingerprint density at radius 3 is 2.48 bits per heavy atom. The van der Waals surface area contributed by atoms with E-state index in [4.69, 9.17) is 0 Å². The third kappa shape index (κ3) is 5.50. The zero-order chi connectivity index (χ0) is 19.9. The first-order valence-corrected chi connectivity index (χ1v) is 10.2. The van der Waals surface area contributed by atoms with Crippen molar-refractivity contribution in [1.29, 1.82) is 0 Å². The lowest BCUT2D eigenvalue weighted by molar-refractivity contribution is 0.400. The summed E-state index contributed by atoms with van der Waals surface area (Å²) in [6.07, 6.45) is 5.86. The standard InChI is InChI=1S/C23H26FN5/c24-21-8-6-18(7-9-21)10-13-25-22-17-26-28-23(27-22)29-14-11-20(12-15-29)16-19-4-2-1-3-5-19/h1-9,17,20H,10-16H2,(H,25,27,28). The van der Waals surface area contributed by atoms with Crippen LogP contribution in [0.3, 0.4) is 0 Å². The molecule has 0 bridgehead atoms. The topological polar surface area (TPSA) is 53.9 Å². The van der Waals surface area contributed by atoms with E-state index in [2.05, 4.69) is 55.7 Å². The number of anilines is 2. The summed E-state index contributed by atoms with van der Waals surface area (Å²) >= 11 is 0. The first kappa shape index (κ1) is 19.3. The highest BCUT2D eigenvalue weighted by molar-refractivity contribution is 5.39. The van der Waals surface area contributed by atoms with Crippen LogP contribution in [0.15, 0.2) is 60.8 Å². The summed E-state index contributed by atoms with van der Waals surface area (Å²) in [6.45, 7) is 2.62. The van der Waals surface area contributed by atoms with Crippen molar-refractivity contribution in [1.82, 2.24) is 15.2 Å². The Kier molecular flexibility index (Phi) is 6.29. The van der Waals surface area contributed by atoms with Crippen LogP contribution < -0.4 is 10.2 Å². The Bertz CT molecular complexity index is 893. The zero-order valence-corrected chi connectivity index (χ0v) is 16.5. The Balaban J connectivity index is 1.27. The SMILES string of the molecule is Fc1ccc(CCNc2cnnc(N3CCC(Cc4ccccc4)CC3)n2)cc1. The van der Waals surface area contributed by atoms with Gasteiger partial charge >= 0.3 is 0 Å². The molecule has 3 aromatic rings. The highest BCUT2D eigenvalue weighted by Gasteiger charge is 2.21. The summed E-state index contributed by atoms with van der Waals surface area (Å²) in [5.74, 6) is 1.91. The zero-order valence-electron chi connectivity index (χ0n) is 16.5. The maximum atomic E-state index is 13.0. The molecule has 1 fully saturated rings. The van der Waals surface area contributed by atoms with Gasteiger partial charge in [0.25, 0.3) is 0 Å². The molecule has 1 aromatic heterocycles. The second-order valence-electron chi connectivity index (χ2n) is 7.57. The molecular weight excluding hydrogens is 365 g/mol. The van der Waals surface area contributed by atoms with E-state index in [1.807, 2.05) is 0 Å². The fourth-order valence-corrected chi connectivity index (χ4v) is 3.78. The molecule has 1 saturated heterocycles. The molecule has 5 nitrogen and oxygen atoms in total. The van der Waals surface area contributed by atoms with Crippen LogP contribution in [0.5, 0.6) is 0 Å². The van der Waals surface area contributed by atoms with Crippen molar-refractivity contribution < 1.29 is 4.39 Å². The molecule has 29 heavy (non-hydrogen) atoms. The number of rotatable bonds is 7. The third-order valence-corrected chi connectivity index (χ3v) is 5.45. The summed E-state index contributed by atoms with van der Waals surface area (Å²) in [4.78, 5) is 6.85. The van der Waals surface area contributed by atoms with Gasteiger partial charge in [-0.25, -0.2) is 4.39 Å². The normalized spacial score (nSPS) is 14.7. The largest absolute Gasteiger partial charge is 0.368 e. The number of nitrogens with one attached hydrogen (secondary N) is 1. The number of hydrogen-bond acceptors (Lipinski definition) is 5. The third-order valence-electron chi connectivity index (χ3n) is 5.45.